The van der Waals surface area contributed by atoms with E-state index in [9.17, 15) is 29.4 Å². The normalized spacial score (nSPS) is 11.2. The van der Waals surface area contributed by atoms with E-state index in [1.807, 2.05) is 13.8 Å². The Morgan fingerprint density at radius 3 is 1.70 bits per heavy atom. The maximum atomic E-state index is 14.3. The first-order valence-electron chi connectivity index (χ1n) is 14.4. The Kier molecular flexibility index (Phi) is 9.05. The summed E-state index contributed by atoms with van der Waals surface area (Å²) in [7, 11) is 0. The van der Waals surface area contributed by atoms with Gasteiger partial charge < -0.3 is 19.7 Å². The number of aromatic nitrogens is 4. The lowest BCUT2D eigenvalue weighted by Crippen LogP contribution is -2.25. The van der Waals surface area contributed by atoms with Crippen LogP contribution in [0.25, 0.3) is 11.4 Å². The highest BCUT2D eigenvalue weighted by Crippen LogP contribution is 2.42. The van der Waals surface area contributed by atoms with E-state index in [0.717, 1.165) is 0 Å². The number of carbonyl (C=O) groups is 2. The zero-order valence-electron chi connectivity index (χ0n) is 25.4. The van der Waals surface area contributed by atoms with Crippen LogP contribution in [0.1, 0.15) is 68.6 Å². The van der Waals surface area contributed by atoms with Crippen molar-refractivity contribution in [2.24, 2.45) is 0 Å². The van der Waals surface area contributed by atoms with Crippen LogP contribution < -0.4 is 20.6 Å². The monoisotopic (exact) mass is 690 g/mol. The molecule has 46 heavy (non-hydrogen) atoms. The smallest absolute Gasteiger partial charge is 0.335 e. The number of nitrogens with one attached hydrogen (secondary N) is 2. The lowest BCUT2D eigenvalue weighted by molar-refractivity contribution is 0.0686. The molecule has 0 bridgehead atoms. The Morgan fingerprint density at radius 1 is 0.783 bits per heavy atom. The van der Waals surface area contributed by atoms with Crippen LogP contribution in [0.2, 0.25) is 0 Å². The van der Waals surface area contributed by atoms with E-state index in [2.05, 4.69) is 26.1 Å². The SMILES string of the molecule is CCOc1cc(C(c2c(C)[nH]n(-c3cccc(C(=O)O)c3)c2=O)c2c(C)[nH]n(-c3cccc(C(=O)O)c3)c2=O)cc(Br)c1OCC. The summed E-state index contributed by atoms with van der Waals surface area (Å²) < 4.78 is 14.8. The topological polar surface area (TPSA) is 169 Å². The molecule has 13 heteroatoms. The zero-order valence-corrected chi connectivity index (χ0v) is 27.0. The Balaban J connectivity index is 1.81. The van der Waals surface area contributed by atoms with Crippen molar-refractivity contribution in [1.82, 2.24) is 19.6 Å². The molecule has 0 radical (unpaired) electrons. The molecule has 0 aliphatic carbocycles. The van der Waals surface area contributed by atoms with Gasteiger partial charge in [-0.3, -0.25) is 19.8 Å². The predicted octanol–water partition coefficient (Wildman–Crippen LogP) is 5.40. The molecule has 2 heterocycles. The predicted molar refractivity (Wildman–Crippen MR) is 174 cm³/mol. The van der Waals surface area contributed by atoms with Crippen molar-refractivity contribution in [3.63, 3.8) is 0 Å². The molecule has 12 nitrogen and oxygen atoms in total. The van der Waals surface area contributed by atoms with Gasteiger partial charge in [0.1, 0.15) is 0 Å². The van der Waals surface area contributed by atoms with E-state index in [1.54, 1.807) is 38.1 Å². The van der Waals surface area contributed by atoms with Crippen molar-refractivity contribution in [2.45, 2.75) is 33.6 Å². The quantitative estimate of drug-likeness (QED) is 0.143. The number of H-pyrrole nitrogens is 2. The second-order valence-corrected chi connectivity index (χ2v) is 11.3. The van der Waals surface area contributed by atoms with E-state index in [1.165, 1.54) is 45.8 Å². The number of hydrogen-bond acceptors (Lipinski definition) is 6. The first-order chi connectivity index (χ1) is 22.0. The molecule has 0 saturated heterocycles. The number of hydrogen-bond donors (Lipinski definition) is 4. The van der Waals surface area contributed by atoms with E-state index < -0.39 is 29.0 Å². The number of halogens is 1. The molecule has 0 amide bonds. The van der Waals surface area contributed by atoms with Gasteiger partial charge in [-0.2, -0.15) is 0 Å². The molecule has 0 spiro atoms. The number of aromatic amines is 2. The summed E-state index contributed by atoms with van der Waals surface area (Å²) in [6.45, 7) is 7.77. The molecular weight excluding hydrogens is 660 g/mol. The van der Waals surface area contributed by atoms with Crippen molar-refractivity contribution < 1.29 is 29.3 Å². The van der Waals surface area contributed by atoms with Crippen molar-refractivity contribution in [1.29, 1.82) is 0 Å². The molecule has 0 aliphatic heterocycles. The minimum absolute atomic E-state index is 0.000454. The molecule has 0 aliphatic rings. The Bertz CT molecular complexity index is 1970. The average molecular weight is 692 g/mol. The number of benzene rings is 3. The van der Waals surface area contributed by atoms with Crippen LogP contribution in [0.4, 0.5) is 0 Å². The number of rotatable bonds is 11. The van der Waals surface area contributed by atoms with Crippen LogP contribution in [0.3, 0.4) is 0 Å². The van der Waals surface area contributed by atoms with Gasteiger partial charge in [-0.25, -0.2) is 19.0 Å². The van der Waals surface area contributed by atoms with Gasteiger partial charge in [-0.15, -0.1) is 0 Å². The second kappa shape index (κ2) is 13.0. The summed E-state index contributed by atoms with van der Waals surface area (Å²) in [6, 6.07) is 15.4. The molecule has 2 aromatic heterocycles. The van der Waals surface area contributed by atoms with Crippen LogP contribution in [0.15, 0.2) is 74.7 Å². The van der Waals surface area contributed by atoms with Gasteiger partial charge in [0.25, 0.3) is 11.1 Å². The summed E-state index contributed by atoms with van der Waals surface area (Å²) in [5, 5.41) is 25.2. The molecule has 0 atom stereocenters. The maximum Gasteiger partial charge on any atom is 0.335 e. The van der Waals surface area contributed by atoms with Crippen molar-refractivity contribution in [3.8, 4) is 22.9 Å². The number of carboxylic acid groups (broad SMARTS) is 2. The summed E-state index contributed by atoms with van der Waals surface area (Å²) in [5.74, 6) is -2.37. The van der Waals surface area contributed by atoms with Gasteiger partial charge in [0, 0.05) is 17.3 Å². The average Bonchev–Trinajstić information content (AvgIpc) is 3.49. The largest absolute Gasteiger partial charge is 0.490 e. The molecule has 0 saturated carbocycles. The number of nitrogens with zero attached hydrogens (tertiary/aromatic N) is 2. The van der Waals surface area contributed by atoms with Crippen molar-refractivity contribution in [3.05, 3.63) is 125 Å². The van der Waals surface area contributed by atoms with E-state index in [4.69, 9.17) is 9.47 Å². The Morgan fingerprint density at radius 2 is 1.26 bits per heavy atom. The molecule has 4 N–H and O–H groups in total. The Labute approximate surface area is 270 Å². The molecule has 5 rings (SSSR count). The van der Waals surface area contributed by atoms with Gasteiger partial charge >= 0.3 is 11.9 Å². The molecular formula is C33H31BrN4O8. The number of aryl methyl sites for hydroxylation is 2. The first kappa shape index (κ1) is 32.1. The molecule has 238 valence electrons. The van der Waals surface area contributed by atoms with Gasteiger partial charge in [-0.05, 0) is 97.7 Å². The highest BCUT2D eigenvalue weighted by atomic mass is 79.9. The van der Waals surface area contributed by atoms with E-state index in [-0.39, 0.29) is 22.3 Å². The zero-order chi connectivity index (χ0) is 33.3. The van der Waals surface area contributed by atoms with E-state index >= 15 is 0 Å². The third-order valence-electron chi connectivity index (χ3n) is 7.47. The fourth-order valence-electron chi connectivity index (χ4n) is 5.50. The lowest BCUT2D eigenvalue weighted by Gasteiger charge is -2.20. The number of aromatic carboxylic acids is 2. The van der Waals surface area contributed by atoms with Gasteiger partial charge in [0.15, 0.2) is 11.5 Å². The van der Waals surface area contributed by atoms with Crippen molar-refractivity contribution >= 4 is 27.9 Å². The van der Waals surface area contributed by atoms with Crippen LogP contribution in [0, 0.1) is 13.8 Å². The molecule has 0 fully saturated rings. The van der Waals surface area contributed by atoms with Crippen LogP contribution >= 0.6 is 15.9 Å². The standard InChI is InChI=1S/C33H31BrN4O8/c1-5-45-25-16-21(15-24(34)29(25)46-6-2)28(26-17(3)35-37(30(26)39)22-11-7-9-19(13-22)32(41)42)27-18(4)36-38(31(27)40)23-12-8-10-20(14-23)33(43)44/h7-16,28,35-36H,5-6H2,1-4H3,(H,41,42)(H,43,44). The van der Waals surface area contributed by atoms with Crippen LogP contribution in [-0.2, 0) is 0 Å². The second-order valence-electron chi connectivity index (χ2n) is 10.4. The summed E-state index contributed by atoms with van der Waals surface area (Å²) in [6.07, 6.45) is 0. The van der Waals surface area contributed by atoms with Gasteiger partial charge in [0.05, 0.1) is 51.3 Å². The third-order valence-corrected chi connectivity index (χ3v) is 8.06. The fourth-order valence-corrected chi connectivity index (χ4v) is 6.07. The molecule has 5 aromatic rings. The van der Waals surface area contributed by atoms with Gasteiger partial charge in [0.2, 0.25) is 0 Å². The summed E-state index contributed by atoms with van der Waals surface area (Å²) >= 11 is 3.58. The fraction of sp³-hybridized carbons (Fsp3) is 0.212. The van der Waals surface area contributed by atoms with Crippen LogP contribution in [0.5, 0.6) is 11.5 Å². The summed E-state index contributed by atoms with van der Waals surface area (Å²) in [5.41, 5.74) is 1.52. The minimum atomic E-state index is -1.14. The highest BCUT2D eigenvalue weighted by molar-refractivity contribution is 9.10. The van der Waals surface area contributed by atoms with Crippen molar-refractivity contribution in [2.75, 3.05) is 13.2 Å². The first-order valence-corrected chi connectivity index (χ1v) is 15.2. The third kappa shape index (κ3) is 5.88. The van der Waals surface area contributed by atoms with Gasteiger partial charge in [-0.1, -0.05) is 12.1 Å². The maximum absolute atomic E-state index is 14.3. The van der Waals surface area contributed by atoms with E-state index in [0.29, 0.717) is 57.5 Å². The minimum Gasteiger partial charge on any atom is -0.490 e. The molecule has 3 aromatic carbocycles. The highest BCUT2D eigenvalue weighted by Gasteiger charge is 2.32. The number of carboxylic acids is 2. The Hall–Kier alpha value is -5.30. The summed E-state index contributed by atoms with van der Waals surface area (Å²) in [4.78, 5) is 51.9. The lowest BCUT2D eigenvalue weighted by atomic mass is 9.85. The van der Waals surface area contributed by atoms with Crippen LogP contribution in [-0.4, -0.2) is 54.9 Å². The number of ether oxygens (including phenoxy) is 2. The molecule has 0 unspecified atom stereocenters.